The van der Waals surface area contributed by atoms with E-state index in [-0.39, 0.29) is 0 Å². The van der Waals surface area contributed by atoms with Crippen molar-refractivity contribution >= 4 is 0 Å². The minimum Gasteiger partial charge on any atom is -0.385 e. The molecule has 110 valence electrons. The molecule has 3 atom stereocenters. The van der Waals surface area contributed by atoms with Crippen LogP contribution in [0.1, 0.15) is 44.6 Å². The summed E-state index contributed by atoms with van der Waals surface area (Å²) >= 11 is 0. The lowest BCUT2D eigenvalue weighted by atomic mass is 9.68. The Morgan fingerprint density at radius 1 is 1.20 bits per heavy atom. The summed E-state index contributed by atoms with van der Waals surface area (Å²) in [7, 11) is 0. The van der Waals surface area contributed by atoms with Crippen molar-refractivity contribution in [2.75, 3.05) is 19.6 Å². The number of likely N-dealkylation sites (tertiary alicyclic amines) is 1. The van der Waals surface area contributed by atoms with Crippen LogP contribution in [0.5, 0.6) is 0 Å². The predicted octanol–water partition coefficient (Wildman–Crippen LogP) is 3.41. The fourth-order valence-corrected chi connectivity index (χ4v) is 4.08. The number of benzene rings is 1. The Kier molecular flexibility index (Phi) is 4.13. The molecule has 1 heterocycles. The Bertz CT molecular complexity index is 426. The van der Waals surface area contributed by atoms with Crippen LogP contribution in [0.15, 0.2) is 30.3 Å². The molecule has 1 aliphatic carbocycles. The van der Waals surface area contributed by atoms with E-state index in [1.165, 1.54) is 25.9 Å². The molecule has 2 nitrogen and oxygen atoms in total. The van der Waals surface area contributed by atoms with Gasteiger partial charge in [0, 0.05) is 12.5 Å². The van der Waals surface area contributed by atoms with Crippen LogP contribution in [0.25, 0.3) is 0 Å². The smallest absolute Gasteiger partial charge is 0.0936 e. The zero-order valence-corrected chi connectivity index (χ0v) is 12.6. The maximum Gasteiger partial charge on any atom is 0.0936 e. The third kappa shape index (κ3) is 2.77. The van der Waals surface area contributed by atoms with E-state index in [4.69, 9.17) is 0 Å². The van der Waals surface area contributed by atoms with Crippen molar-refractivity contribution in [3.8, 4) is 0 Å². The minimum absolute atomic E-state index is 0.381. The summed E-state index contributed by atoms with van der Waals surface area (Å²) in [4.78, 5) is 2.55. The number of aliphatic hydroxyl groups is 1. The lowest BCUT2D eigenvalue weighted by Crippen LogP contribution is -2.45. The average molecular weight is 273 g/mol. The first-order chi connectivity index (χ1) is 9.68. The molecule has 3 unspecified atom stereocenters. The van der Waals surface area contributed by atoms with Crippen molar-refractivity contribution in [2.24, 2.45) is 11.8 Å². The zero-order chi connectivity index (χ0) is 14.0. The van der Waals surface area contributed by atoms with Crippen LogP contribution >= 0.6 is 0 Å². The van der Waals surface area contributed by atoms with Gasteiger partial charge in [-0.05, 0) is 56.7 Å². The Labute approximate surface area is 122 Å². The quantitative estimate of drug-likeness (QED) is 0.912. The number of hydrogen-bond acceptors (Lipinski definition) is 2. The highest BCUT2D eigenvalue weighted by Gasteiger charge is 2.43. The fraction of sp³-hybridized carbons (Fsp3) is 0.667. The van der Waals surface area contributed by atoms with Gasteiger partial charge in [0.25, 0.3) is 0 Å². The molecule has 1 aromatic rings. The summed E-state index contributed by atoms with van der Waals surface area (Å²) < 4.78 is 0. The van der Waals surface area contributed by atoms with Crippen LogP contribution in [0.2, 0.25) is 0 Å². The van der Waals surface area contributed by atoms with E-state index < -0.39 is 5.60 Å². The summed E-state index contributed by atoms with van der Waals surface area (Å²) in [6, 6.07) is 10.4. The van der Waals surface area contributed by atoms with Crippen molar-refractivity contribution < 1.29 is 5.11 Å². The average Bonchev–Trinajstić information content (AvgIpc) is 2.97. The maximum atomic E-state index is 11.4. The molecule has 1 aromatic carbocycles. The van der Waals surface area contributed by atoms with Crippen LogP contribution in [0.4, 0.5) is 0 Å². The van der Waals surface area contributed by atoms with Crippen LogP contribution in [0, 0.1) is 11.8 Å². The van der Waals surface area contributed by atoms with Gasteiger partial charge < -0.3 is 10.0 Å². The molecule has 1 aliphatic heterocycles. The molecule has 3 rings (SSSR count). The minimum atomic E-state index is -0.615. The van der Waals surface area contributed by atoms with Gasteiger partial charge in [-0.3, -0.25) is 0 Å². The molecule has 0 aromatic heterocycles. The van der Waals surface area contributed by atoms with E-state index in [1.54, 1.807) is 0 Å². The van der Waals surface area contributed by atoms with Gasteiger partial charge in [0.2, 0.25) is 0 Å². The first kappa shape index (κ1) is 14.1. The summed E-state index contributed by atoms with van der Waals surface area (Å²) in [6.07, 6.45) is 5.86. The van der Waals surface area contributed by atoms with E-state index in [2.05, 4.69) is 36.1 Å². The molecule has 2 fully saturated rings. The highest BCUT2D eigenvalue weighted by atomic mass is 16.3. The van der Waals surface area contributed by atoms with Gasteiger partial charge in [-0.15, -0.1) is 0 Å². The van der Waals surface area contributed by atoms with Crippen LogP contribution < -0.4 is 0 Å². The summed E-state index contributed by atoms with van der Waals surface area (Å²) in [5.41, 5.74) is 0.507. The fourth-order valence-electron chi connectivity index (χ4n) is 4.08. The molecular formula is C18H27NO. The van der Waals surface area contributed by atoms with Crippen molar-refractivity contribution in [2.45, 2.75) is 44.6 Å². The lowest BCUT2D eigenvalue weighted by Gasteiger charge is -2.44. The highest BCUT2D eigenvalue weighted by Crippen LogP contribution is 2.44. The highest BCUT2D eigenvalue weighted by molar-refractivity contribution is 5.24. The van der Waals surface area contributed by atoms with Gasteiger partial charge in [-0.2, -0.15) is 0 Å². The second-order valence-corrected chi connectivity index (χ2v) is 6.87. The van der Waals surface area contributed by atoms with Gasteiger partial charge in [-0.25, -0.2) is 0 Å². The van der Waals surface area contributed by atoms with E-state index in [1.807, 2.05) is 6.07 Å². The third-order valence-corrected chi connectivity index (χ3v) is 5.33. The Hall–Kier alpha value is -0.860. The molecule has 2 aliphatic rings. The molecule has 2 heteroatoms. The number of rotatable bonds is 3. The molecule has 1 N–H and O–H groups in total. The second-order valence-electron chi connectivity index (χ2n) is 6.87. The summed E-state index contributed by atoms with van der Waals surface area (Å²) in [5, 5.41) is 11.4. The van der Waals surface area contributed by atoms with Crippen LogP contribution in [-0.4, -0.2) is 29.6 Å². The van der Waals surface area contributed by atoms with E-state index >= 15 is 0 Å². The topological polar surface area (TPSA) is 23.5 Å². The van der Waals surface area contributed by atoms with E-state index in [0.717, 1.165) is 37.3 Å². The molecule has 20 heavy (non-hydrogen) atoms. The van der Waals surface area contributed by atoms with Gasteiger partial charge in [0.15, 0.2) is 0 Å². The summed E-state index contributed by atoms with van der Waals surface area (Å²) in [6.45, 7) is 5.84. The first-order valence-corrected chi connectivity index (χ1v) is 8.19. The zero-order valence-electron chi connectivity index (χ0n) is 12.6. The van der Waals surface area contributed by atoms with E-state index in [0.29, 0.717) is 5.92 Å². The van der Waals surface area contributed by atoms with Gasteiger partial charge in [0.1, 0.15) is 0 Å². The third-order valence-electron chi connectivity index (χ3n) is 5.33. The van der Waals surface area contributed by atoms with Crippen molar-refractivity contribution in [1.29, 1.82) is 0 Å². The number of hydrogen-bond donors (Lipinski definition) is 1. The predicted molar refractivity (Wildman–Crippen MR) is 82.5 cm³/mol. The SMILES string of the molecule is CC1CCC(O)(c2ccccc2)C(CN2CCCC2)C1. The van der Waals surface area contributed by atoms with Crippen molar-refractivity contribution in [3.05, 3.63) is 35.9 Å². The molecule has 0 bridgehead atoms. The largest absolute Gasteiger partial charge is 0.385 e. The van der Waals surface area contributed by atoms with Crippen molar-refractivity contribution in [1.82, 2.24) is 4.90 Å². The van der Waals surface area contributed by atoms with Gasteiger partial charge >= 0.3 is 0 Å². The lowest BCUT2D eigenvalue weighted by molar-refractivity contribution is -0.0751. The monoisotopic (exact) mass is 273 g/mol. The summed E-state index contributed by atoms with van der Waals surface area (Å²) in [5.74, 6) is 1.12. The Morgan fingerprint density at radius 3 is 2.60 bits per heavy atom. The molecule has 0 radical (unpaired) electrons. The van der Waals surface area contributed by atoms with Crippen molar-refractivity contribution in [3.63, 3.8) is 0 Å². The number of nitrogens with zero attached hydrogens (tertiary/aromatic N) is 1. The standard InChI is InChI=1S/C18H27NO/c1-15-9-10-18(20,16-7-3-2-4-8-16)17(13-15)14-19-11-5-6-12-19/h2-4,7-8,15,17,20H,5-6,9-14H2,1H3. The molecule has 1 saturated carbocycles. The van der Waals surface area contributed by atoms with Crippen LogP contribution in [-0.2, 0) is 5.60 Å². The molecule has 0 spiro atoms. The Morgan fingerprint density at radius 2 is 1.90 bits per heavy atom. The Balaban J connectivity index is 1.81. The molecule has 0 amide bonds. The maximum absolute atomic E-state index is 11.4. The first-order valence-electron chi connectivity index (χ1n) is 8.19. The normalized spacial score (nSPS) is 35.3. The molecular weight excluding hydrogens is 246 g/mol. The van der Waals surface area contributed by atoms with Crippen LogP contribution in [0.3, 0.4) is 0 Å². The molecule has 1 saturated heterocycles. The second kappa shape index (κ2) is 5.87. The van der Waals surface area contributed by atoms with Gasteiger partial charge in [0.05, 0.1) is 5.60 Å². The van der Waals surface area contributed by atoms with E-state index in [9.17, 15) is 5.11 Å². The van der Waals surface area contributed by atoms with Gasteiger partial charge in [-0.1, -0.05) is 37.3 Å².